The highest BCUT2D eigenvalue weighted by Gasteiger charge is 2.33. The van der Waals surface area contributed by atoms with E-state index in [4.69, 9.17) is 5.73 Å². The summed E-state index contributed by atoms with van der Waals surface area (Å²) in [7, 11) is 0. The largest absolute Gasteiger partial charge is 0.327 e. The number of thiazole rings is 1. The van der Waals surface area contributed by atoms with E-state index in [0.29, 0.717) is 6.04 Å². The Kier molecular flexibility index (Phi) is 5.59. The number of nitrogens with two attached hydrogens (primary N) is 1. The van der Waals surface area contributed by atoms with Crippen LogP contribution in [0, 0.1) is 5.41 Å². The summed E-state index contributed by atoms with van der Waals surface area (Å²) < 4.78 is 0. The van der Waals surface area contributed by atoms with Crippen LogP contribution in [0.2, 0.25) is 0 Å². The van der Waals surface area contributed by atoms with Crippen LogP contribution in [0.4, 0.5) is 0 Å². The lowest BCUT2D eigenvalue weighted by atomic mass is 9.80. The maximum atomic E-state index is 6.16. The van der Waals surface area contributed by atoms with Gasteiger partial charge in [-0.15, -0.1) is 23.7 Å². The number of hydrogen-bond acceptors (Lipinski definition) is 4. The first-order chi connectivity index (χ1) is 8.01. The third-order valence-corrected chi connectivity index (χ3v) is 4.80. The molecule has 0 radical (unpaired) electrons. The summed E-state index contributed by atoms with van der Waals surface area (Å²) in [6, 6.07) is 0.339. The van der Waals surface area contributed by atoms with Crippen LogP contribution in [-0.2, 0) is 13.0 Å². The highest BCUT2D eigenvalue weighted by atomic mass is 35.5. The SMILES string of the molecule is CCc1ncc(CN2CCC(N)C(C)(C)C2)s1.Cl. The van der Waals surface area contributed by atoms with Crippen molar-refractivity contribution in [1.29, 1.82) is 0 Å². The van der Waals surface area contributed by atoms with Gasteiger partial charge < -0.3 is 5.73 Å². The Morgan fingerprint density at radius 3 is 2.83 bits per heavy atom. The molecule has 5 heteroatoms. The Morgan fingerprint density at radius 1 is 1.56 bits per heavy atom. The first-order valence-corrected chi connectivity index (χ1v) is 7.24. The van der Waals surface area contributed by atoms with E-state index in [1.807, 2.05) is 17.5 Å². The second-order valence-corrected chi connectivity index (χ2v) is 6.87. The Bertz CT molecular complexity index is 378. The van der Waals surface area contributed by atoms with Crippen molar-refractivity contribution < 1.29 is 0 Å². The van der Waals surface area contributed by atoms with Crippen LogP contribution >= 0.6 is 23.7 Å². The molecule has 104 valence electrons. The molecule has 0 aromatic carbocycles. The predicted octanol–water partition coefficient (Wildman–Crippen LogP) is 2.69. The minimum Gasteiger partial charge on any atom is -0.327 e. The Hall–Kier alpha value is -0.160. The van der Waals surface area contributed by atoms with Crippen molar-refractivity contribution in [3.05, 3.63) is 16.1 Å². The summed E-state index contributed by atoms with van der Waals surface area (Å²) in [6.45, 7) is 9.94. The molecule has 1 fully saturated rings. The van der Waals surface area contributed by atoms with Crippen LogP contribution < -0.4 is 5.73 Å². The van der Waals surface area contributed by atoms with E-state index in [1.165, 1.54) is 9.88 Å². The average Bonchev–Trinajstić information content (AvgIpc) is 2.71. The number of likely N-dealkylation sites (tertiary alicyclic amines) is 1. The van der Waals surface area contributed by atoms with Gasteiger partial charge in [0, 0.05) is 36.8 Å². The van der Waals surface area contributed by atoms with Crippen LogP contribution in [0.25, 0.3) is 0 Å². The van der Waals surface area contributed by atoms with Crippen LogP contribution in [-0.4, -0.2) is 29.0 Å². The molecule has 2 heterocycles. The first kappa shape index (κ1) is 15.9. The van der Waals surface area contributed by atoms with Gasteiger partial charge in [-0.1, -0.05) is 20.8 Å². The third-order valence-electron chi connectivity index (χ3n) is 3.67. The highest BCUT2D eigenvalue weighted by Crippen LogP contribution is 2.29. The molecule has 1 aliphatic rings. The minimum atomic E-state index is 0. The lowest BCUT2D eigenvalue weighted by Crippen LogP contribution is -2.51. The molecule has 1 atom stereocenters. The van der Waals surface area contributed by atoms with Crippen LogP contribution in [0.3, 0.4) is 0 Å². The molecule has 0 spiro atoms. The van der Waals surface area contributed by atoms with Gasteiger partial charge >= 0.3 is 0 Å². The first-order valence-electron chi connectivity index (χ1n) is 6.43. The summed E-state index contributed by atoms with van der Waals surface area (Å²) in [5.41, 5.74) is 6.39. The van der Waals surface area contributed by atoms with Crippen molar-refractivity contribution in [2.24, 2.45) is 11.1 Å². The second-order valence-electron chi connectivity index (χ2n) is 5.67. The molecular weight excluding hydrogens is 266 g/mol. The van der Waals surface area contributed by atoms with Crippen LogP contribution in [0.5, 0.6) is 0 Å². The topological polar surface area (TPSA) is 42.2 Å². The maximum Gasteiger partial charge on any atom is 0.0925 e. The summed E-state index contributed by atoms with van der Waals surface area (Å²) in [6.07, 6.45) is 4.18. The number of aromatic nitrogens is 1. The van der Waals surface area contributed by atoms with E-state index < -0.39 is 0 Å². The van der Waals surface area contributed by atoms with Gasteiger partial charge in [-0.3, -0.25) is 4.90 Å². The van der Waals surface area contributed by atoms with Crippen molar-refractivity contribution in [1.82, 2.24) is 9.88 Å². The molecule has 0 aliphatic carbocycles. The van der Waals surface area contributed by atoms with Gasteiger partial charge in [-0.2, -0.15) is 0 Å². The van der Waals surface area contributed by atoms with Gasteiger partial charge in [0.1, 0.15) is 0 Å². The molecule has 0 amide bonds. The molecule has 1 aromatic rings. The zero-order valence-electron chi connectivity index (χ0n) is 11.5. The Balaban J connectivity index is 0.00000162. The van der Waals surface area contributed by atoms with Crippen LogP contribution in [0.1, 0.15) is 37.1 Å². The normalized spacial score (nSPS) is 23.7. The molecule has 1 aromatic heterocycles. The fraction of sp³-hybridized carbons (Fsp3) is 0.769. The summed E-state index contributed by atoms with van der Waals surface area (Å²) in [4.78, 5) is 8.31. The molecule has 18 heavy (non-hydrogen) atoms. The molecule has 1 saturated heterocycles. The third kappa shape index (κ3) is 3.67. The molecule has 3 nitrogen and oxygen atoms in total. The zero-order valence-corrected chi connectivity index (χ0v) is 13.1. The molecule has 0 saturated carbocycles. The maximum absolute atomic E-state index is 6.16. The van der Waals surface area contributed by atoms with Gasteiger partial charge in [0.05, 0.1) is 5.01 Å². The molecule has 2 rings (SSSR count). The van der Waals surface area contributed by atoms with Crippen molar-refractivity contribution in [2.45, 2.75) is 46.2 Å². The van der Waals surface area contributed by atoms with Crippen molar-refractivity contribution in [3.63, 3.8) is 0 Å². The zero-order chi connectivity index (χ0) is 12.5. The van der Waals surface area contributed by atoms with Gasteiger partial charge in [0.2, 0.25) is 0 Å². The van der Waals surface area contributed by atoms with E-state index in [-0.39, 0.29) is 17.8 Å². The fourth-order valence-corrected chi connectivity index (χ4v) is 3.33. The number of piperidine rings is 1. The average molecular weight is 290 g/mol. The lowest BCUT2D eigenvalue weighted by molar-refractivity contribution is 0.0906. The molecule has 1 aliphatic heterocycles. The summed E-state index contributed by atoms with van der Waals surface area (Å²) in [5.74, 6) is 0. The molecular formula is C13H24ClN3S. The van der Waals surface area contributed by atoms with Crippen molar-refractivity contribution in [3.8, 4) is 0 Å². The number of nitrogens with zero attached hydrogens (tertiary/aromatic N) is 2. The molecule has 1 unspecified atom stereocenters. The van der Waals surface area contributed by atoms with E-state index in [9.17, 15) is 0 Å². The van der Waals surface area contributed by atoms with Gasteiger partial charge in [-0.05, 0) is 18.3 Å². The van der Waals surface area contributed by atoms with Gasteiger partial charge in [-0.25, -0.2) is 4.98 Å². The quantitative estimate of drug-likeness (QED) is 0.930. The Morgan fingerprint density at radius 2 is 2.28 bits per heavy atom. The fourth-order valence-electron chi connectivity index (χ4n) is 2.42. The Labute approximate surface area is 120 Å². The van der Waals surface area contributed by atoms with Crippen LogP contribution in [0.15, 0.2) is 6.20 Å². The second kappa shape index (κ2) is 6.33. The van der Waals surface area contributed by atoms with Crippen molar-refractivity contribution in [2.75, 3.05) is 13.1 Å². The molecule has 0 bridgehead atoms. The smallest absolute Gasteiger partial charge is 0.0925 e. The number of rotatable bonds is 3. The van der Waals surface area contributed by atoms with Gasteiger partial charge in [0.25, 0.3) is 0 Å². The number of aryl methyl sites for hydroxylation is 1. The van der Waals surface area contributed by atoms with Gasteiger partial charge in [0.15, 0.2) is 0 Å². The summed E-state index contributed by atoms with van der Waals surface area (Å²) >= 11 is 1.84. The van der Waals surface area contributed by atoms with E-state index in [0.717, 1.165) is 32.5 Å². The number of hydrogen-bond donors (Lipinski definition) is 1. The lowest BCUT2D eigenvalue weighted by Gasteiger charge is -2.42. The predicted molar refractivity (Wildman–Crippen MR) is 80.4 cm³/mol. The van der Waals surface area contributed by atoms with E-state index in [1.54, 1.807) is 0 Å². The van der Waals surface area contributed by atoms with E-state index in [2.05, 4.69) is 30.7 Å². The number of halogens is 1. The molecule has 2 N–H and O–H groups in total. The monoisotopic (exact) mass is 289 g/mol. The summed E-state index contributed by atoms with van der Waals surface area (Å²) in [5, 5.41) is 1.24. The minimum absolute atomic E-state index is 0. The standard InChI is InChI=1S/C13H23N3S.ClH/c1-4-12-15-7-10(17-12)8-16-6-5-11(14)13(2,3)9-16;/h7,11H,4-6,8-9,14H2,1-3H3;1H. The highest BCUT2D eigenvalue weighted by molar-refractivity contribution is 7.11. The van der Waals surface area contributed by atoms with E-state index >= 15 is 0 Å². The van der Waals surface area contributed by atoms with Crippen molar-refractivity contribution >= 4 is 23.7 Å².